The molecule has 0 bridgehead atoms. The Labute approximate surface area is 158 Å². The normalized spacial score (nSPS) is 13.0. The van der Waals surface area contributed by atoms with E-state index in [1.165, 1.54) is 0 Å². The molecule has 1 fully saturated rings. The Morgan fingerprint density at radius 3 is 2.41 bits per heavy atom. The van der Waals surface area contributed by atoms with Crippen LogP contribution in [0.2, 0.25) is 0 Å². The van der Waals surface area contributed by atoms with Crippen molar-refractivity contribution in [3.63, 3.8) is 0 Å². The van der Waals surface area contributed by atoms with E-state index in [9.17, 15) is 9.59 Å². The molecule has 6 nitrogen and oxygen atoms in total. The molecule has 27 heavy (non-hydrogen) atoms. The molecule has 3 rings (SSSR count). The zero-order chi connectivity index (χ0) is 19.2. The van der Waals surface area contributed by atoms with E-state index in [1.807, 2.05) is 30.3 Å². The fourth-order valence-corrected chi connectivity index (χ4v) is 2.81. The van der Waals surface area contributed by atoms with Crippen molar-refractivity contribution in [3.05, 3.63) is 48.0 Å². The summed E-state index contributed by atoms with van der Waals surface area (Å²) in [6.07, 6.45) is 2.75. The number of carbonyl (C=O) groups excluding carboxylic acids is 2. The van der Waals surface area contributed by atoms with Gasteiger partial charge >= 0.3 is 0 Å². The van der Waals surface area contributed by atoms with Crippen molar-refractivity contribution in [2.45, 2.75) is 25.7 Å². The Morgan fingerprint density at radius 2 is 1.74 bits per heavy atom. The molecule has 0 radical (unpaired) electrons. The number of hydrogen-bond acceptors (Lipinski definition) is 4. The number of aryl methyl sites for hydroxylation is 1. The Balaban J connectivity index is 1.57. The summed E-state index contributed by atoms with van der Waals surface area (Å²) >= 11 is 0. The number of ether oxygens (including phenoxy) is 2. The van der Waals surface area contributed by atoms with E-state index in [0.717, 1.165) is 29.9 Å². The van der Waals surface area contributed by atoms with Crippen LogP contribution in [0.5, 0.6) is 11.5 Å². The molecule has 0 heterocycles. The van der Waals surface area contributed by atoms with Gasteiger partial charge in [-0.05, 0) is 61.2 Å². The van der Waals surface area contributed by atoms with Crippen LogP contribution in [0.4, 0.5) is 11.4 Å². The first-order chi connectivity index (χ1) is 13.1. The van der Waals surface area contributed by atoms with Crippen molar-refractivity contribution in [2.24, 2.45) is 5.92 Å². The fraction of sp³-hybridized carbons (Fsp3) is 0.333. The highest BCUT2D eigenvalue weighted by atomic mass is 16.5. The molecule has 6 heteroatoms. The molecule has 1 aliphatic rings. The summed E-state index contributed by atoms with van der Waals surface area (Å²) in [6, 6.07) is 12.7. The summed E-state index contributed by atoms with van der Waals surface area (Å²) in [5.41, 5.74) is 2.27. The number of hydrogen-bond donors (Lipinski definition) is 2. The first-order valence-electron chi connectivity index (χ1n) is 9.00. The molecule has 2 aromatic carbocycles. The maximum absolute atomic E-state index is 12.3. The van der Waals surface area contributed by atoms with E-state index in [2.05, 4.69) is 10.6 Å². The second-order valence-electron chi connectivity index (χ2n) is 6.57. The van der Waals surface area contributed by atoms with Crippen molar-refractivity contribution in [1.82, 2.24) is 0 Å². The summed E-state index contributed by atoms with van der Waals surface area (Å²) in [5.74, 6) is 1.54. The topological polar surface area (TPSA) is 76.7 Å². The smallest absolute Gasteiger partial charge is 0.227 e. The number of rotatable bonds is 8. The van der Waals surface area contributed by atoms with E-state index >= 15 is 0 Å². The van der Waals surface area contributed by atoms with Crippen molar-refractivity contribution in [3.8, 4) is 11.5 Å². The van der Waals surface area contributed by atoms with Crippen LogP contribution in [-0.4, -0.2) is 26.0 Å². The number of benzene rings is 2. The first-order valence-corrected chi connectivity index (χ1v) is 9.00. The van der Waals surface area contributed by atoms with E-state index < -0.39 is 0 Å². The van der Waals surface area contributed by atoms with Gasteiger partial charge in [-0.2, -0.15) is 0 Å². The van der Waals surface area contributed by atoms with Crippen LogP contribution in [0.3, 0.4) is 0 Å². The summed E-state index contributed by atoms with van der Waals surface area (Å²) in [5, 5.41) is 5.76. The van der Waals surface area contributed by atoms with E-state index in [4.69, 9.17) is 9.47 Å². The van der Waals surface area contributed by atoms with Gasteiger partial charge in [-0.25, -0.2) is 0 Å². The Hall–Kier alpha value is -3.02. The van der Waals surface area contributed by atoms with Crippen molar-refractivity contribution >= 4 is 23.2 Å². The number of nitrogens with one attached hydrogen (secondary N) is 2. The van der Waals surface area contributed by atoms with Gasteiger partial charge in [-0.1, -0.05) is 6.07 Å². The van der Waals surface area contributed by atoms with Gasteiger partial charge in [0.05, 0.1) is 14.2 Å². The Kier molecular flexibility index (Phi) is 5.96. The molecular weight excluding hydrogens is 344 g/mol. The zero-order valence-corrected chi connectivity index (χ0v) is 15.6. The molecule has 0 atom stereocenters. The van der Waals surface area contributed by atoms with Crippen LogP contribution in [0.25, 0.3) is 0 Å². The fourth-order valence-electron chi connectivity index (χ4n) is 2.81. The lowest BCUT2D eigenvalue weighted by Gasteiger charge is -2.11. The lowest BCUT2D eigenvalue weighted by Crippen LogP contribution is -2.15. The highest BCUT2D eigenvalue weighted by Gasteiger charge is 2.29. The molecule has 0 spiro atoms. The van der Waals surface area contributed by atoms with Gasteiger partial charge in [0.2, 0.25) is 11.8 Å². The lowest BCUT2D eigenvalue weighted by atomic mass is 10.1. The third-order valence-corrected chi connectivity index (χ3v) is 4.47. The Morgan fingerprint density at radius 1 is 1.00 bits per heavy atom. The van der Waals surface area contributed by atoms with Gasteiger partial charge in [-0.15, -0.1) is 0 Å². The molecular formula is C21H24N2O4. The largest absolute Gasteiger partial charge is 0.497 e. The molecule has 1 aliphatic carbocycles. The maximum atomic E-state index is 12.3. The third-order valence-electron chi connectivity index (χ3n) is 4.47. The average Bonchev–Trinajstić information content (AvgIpc) is 3.51. The van der Waals surface area contributed by atoms with Crippen LogP contribution < -0.4 is 20.1 Å². The molecule has 0 unspecified atom stereocenters. The van der Waals surface area contributed by atoms with Gasteiger partial charge in [0.25, 0.3) is 0 Å². The van der Waals surface area contributed by atoms with Crippen LogP contribution in [0.15, 0.2) is 42.5 Å². The van der Waals surface area contributed by atoms with Crippen molar-refractivity contribution < 1.29 is 19.1 Å². The molecule has 0 aromatic heterocycles. The van der Waals surface area contributed by atoms with E-state index in [1.54, 1.807) is 26.4 Å². The van der Waals surface area contributed by atoms with Gasteiger partial charge in [0, 0.05) is 23.7 Å². The van der Waals surface area contributed by atoms with Gasteiger partial charge in [0.15, 0.2) is 0 Å². The summed E-state index contributed by atoms with van der Waals surface area (Å²) < 4.78 is 10.6. The molecule has 2 N–H and O–H groups in total. The van der Waals surface area contributed by atoms with Crippen LogP contribution >= 0.6 is 0 Å². The minimum Gasteiger partial charge on any atom is -0.497 e. The SMILES string of the molecule is COc1ccc(OC)c(CCC(=O)Nc2cccc(NC(=O)C3CC3)c2)c1. The second-order valence-corrected chi connectivity index (χ2v) is 6.57. The zero-order valence-electron chi connectivity index (χ0n) is 15.6. The molecule has 2 amide bonds. The molecule has 2 aromatic rings. The average molecular weight is 368 g/mol. The summed E-state index contributed by atoms with van der Waals surface area (Å²) in [7, 11) is 3.21. The van der Waals surface area contributed by atoms with Crippen LogP contribution in [-0.2, 0) is 16.0 Å². The Bertz CT molecular complexity index is 831. The summed E-state index contributed by atoms with van der Waals surface area (Å²) in [6.45, 7) is 0. The third kappa shape index (κ3) is 5.23. The predicted octanol–water partition coefficient (Wildman–Crippen LogP) is 3.62. The molecule has 142 valence electrons. The van der Waals surface area contributed by atoms with E-state index in [0.29, 0.717) is 24.2 Å². The van der Waals surface area contributed by atoms with Crippen molar-refractivity contribution in [2.75, 3.05) is 24.9 Å². The minimum atomic E-state index is -0.106. The number of anilines is 2. The minimum absolute atomic E-state index is 0.0450. The van der Waals surface area contributed by atoms with Crippen LogP contribution in [0.1, 0.15) is 24.8 Å². The first kappa shape index (κ1) is 18.8. The predicted molar refractivity (Wildman–Crippen MR) is 104 cm³/mol. The second kappa shape index (κ2) is 8.58. The number of carbonyl (C=O) groups is 2. The maximum Gasteiger partial charge on any atom is 0.227 e. The quantitative estimate of drug-likeness (QED) is 0.746. The van der Waals surface area contributed by atoms with Crippen molar-refractivity contribution in [1.29, 1.82) is 0 Å². The molecule has 0 saturated heterocycles. The highest BCUT2D eigenvalue weighted by Crippen LogP contribution is 2.30. The lowest BCUT2D eigenvalue weighted by molar-refractivity contribution is -0.117. The number of methoxy groups -OCH3 is 2. The van der Waals surface area contributed by atoms with Gasteiger partial charge < -0.3 is 20.1 Å². The van der Waals surface area contributed by atoms with Gasteiger partial charge in [0.1, 0.15) is 11.5 Å². The molecule has 1 saturated carbocycles. The monoisotopic (exact) mass is 368 g/mol. The highest BCUT2D eigenvalue weighted by molar-refractivity contribution is 5.96. The van der Waals surface area contributed by atoms with Crippen LogP contribution in [0, 0.1) is 5.92 Å². The number of amides is 2. The van der Waals surface area contributed by atoms with E-state index in [-0.39, 0.29) is 17.7 Å². The van der Waals surface area contributed by atoms with Gasteiger partial charge in [-0.3, -0.25) is 9.59 Å². The standard InChI is InChI=1S/C21H24N2O4/c1-26-18-9-10-19(27-2)15(12-18)8-11-20(24)22-16-4-3-5-17(13-16)23-21(25)14-6-7-14/h3-5,9-10,12-14H,6-8,11H2,1-2H3,(H,22,24)(H,23,25). The molecule has 0 aliphatic heterocycles. The summed E-state index contributed by atoms with van der Waals surface area (Å²) in [4.78, 5) is 24.2.